The Kier molecular flexibility index (Phi) is 10.9. The van der Waals surface area contributed by atoms with Crippen molar-refractivity contribution in [3.05, 3.63) is 47.0 Å². The lowest BCUT2D eigenvalue weighted by Gasteiger charge is -2.33. The maximum atomic E-state index is 4.38. The van der Waals surface area contributed by atoms with Crippen LogP contribution in [0.4, 0.5) is 0 Å². The Morgan fingerprint density at radius 3 is 2.48 bits per heavy atom. The highest BCUT2D eigenvalue weighted by Gasteiger charge is 2.19. The Morgan fingerprint density at radius 1 is 1.14 bits per heavy atom. The zero-order valence-corrected chi connectivity index (χ0v) is 20.8. The first-order chi connectivity index (χ1) is 13.7. The van der Waals surface area contributed by atoms with Gasteiger partial charge in [0.25, 0.3) is 0 Å². The summed E-state index contributed by atoms with van der Waals surface area (Å²) in [5, 5.41) is 14.7. The molecule has 1 fully saturated rings. The fourth-order valence-corrected chi connectivity index (χ4v) is 3.70. The molecule has 2 heterocycles. The van der Waals surface area contributed by atoms with Crippen molar-refractivity contribution in [1.29, 1.82) is 0 Å². The van der Waals surface area contributed by atoms with Gasteiger partial charge in [-0.1, -0.05) is 28.1 Å². The van der Waals surface area contributed by atoms with Crippen LogP contribution in [0.15, 0.2) is 46.4 Å². The Balaban J connectivity index is 0.00000300. The first kappa shape index (κ1) is 24.1. The van der Waals surface area contributed by atoms with Crippen molar-refractivity contribution in [2.24, 2.45) is 4.99 Å². The van der Waals surface area contributed by atoms with E-state index in [-0.39, 0.29) is 24.0 Å². The van der Waals surface area contributed by atoms with Gasteiger partial charge < -0.3 is 15.2 Å². The monoisotopic (exact) mass is 575 g/mol. The summed E-state index contributed by atoms with van der Waals surface area (Å²) in [6.07, 6.45) is 7.99. The molecule has 0 bridgehead atoms. The van der Waals surface area contributed by atoms with Crippen molar-refractivity contribution in [2.75, 3.05) is 26.7 Å². The second-order valence-corrected chi connectivity index (χ2v) is 8.14. The number of hydrogen-bond donors (Lipinski definition) is 2. The van der Waals surface area contributed by atoms with E-state index < -0.39 is 0 Å². The number of rotatable bonds is 8. The molecule has 0 amide bonds. The number of aryl methyl sites for hydroxylation is 1. The molecular weight excluding hydrogens is 545 g/mol. The molecule has 0 saturated carbocycles. The average molecular weight is 576 g/mol. The molecule has 160 valence electrons. The van der Waals surface area contributed by atoms with Crippen LogP contribution in [-0.4, -0.2) is 58.3 Å². The maximum absolute atomic E-state index is 4.38. The van der Waals surface area contributed by atoms with E-state index in [1.807, 2.05) is 11.6 Å². The number of guanidine groups is 1. The smallest absolute Gasteiger partial charge is 0.191 e. The standard InChI is InChI=1S/C20H30BrN7.HI/c1-22-20(23-10-2-3-11-28-15-24-25-16-28)26-19-8-12-27(13-9-19)14-17-4-6-18(21)7-5-17;/h4-7,15-16,19H,2-3,8-14H2,1H3,(H2,22,23,26);1H. The second kappa shape index (κ2) is 13.2. The van der Waals surface area contributed by atoms with E-state index in [9.17, 15) is 0 Å². The molecule has 3 rings (SSSR count). The molecule has 1 aromatic heterocycles. The Labute approximate surface area is 198 Å². The van der Waals surface area contributed by atoms with Gasteiger partial charge in [-0.3, -0.25) is 9.89 Å². The van der Waals surface area contributed by atoms with Crippen LogP contribution in [0.25, 0.3) is 0 Å². The van der Waals surface area contributed by atoms with E-state index in [1.54, 1.807) is 12.7 Å². The average Bonchev–Trinajstić information content (AvgIpc) is 3.23. The minimum atomic E-state index is 0. The normalized spacial score (nSPS) is 15.7. The van der Waals surface area contributed by atoms with Gasteiger partial charge in [0.2, 0.25) is 0 Å². The lowest BCUT2D eigenvalue weighted by Crippen LogP contribution is -2.48. The second-order valence-electron chi connectivity index (χ2n) is 7.23. The van der Waals surface area contributed by atoms with Crippen molar-refractivity contribution < 1.29 is 0 Å². The number of aliphatic imine (C=N–C) groups is 1. The maximum Gasteiger partial charge on any atom is 0.191 e. The van der Waals surface area contributed by atoms with Gasteiger partial charge >= 0.3 is 0 Å². The Morgan fingerprint density at radius 2 is 1.83 bits per heavy atom. The number of nitrogens with one attached hydrogen (secondary N) is 2. The van der Waals surface area contributed by atoms with Gasteiger partial charge in [-0.15, -0.1) is 34.2 Å². The van der Waals surface area contributed by atoms with Gasteiger partial charge in [0.15, 0.2) is 5.96 Å². The van der Waals surface area contributed by atoms with Crippen LogP contribution in [0.5, 0.6) is 0 Å². The minimum Gasteiger partial charge on any atom is -0.356 e. The molecule has 29 heavy (non-hydrogen) atoms. The quantitative estimate of drug-likeness (QED) is 0.219. The lowest BCUT2D eigenvalue weighted by molar-refractivity contribution is 0.198. The third-order valence-electron chi connectivity index (χ3n) is 5.07. The van der Waals surface area contributed by atoms with Crippen molar-refractivity contribution in [3.8, 4) is 0 Å². The Bertz CT molecular complexity index is 713. The van der Waals surface area contributed by atoms with E-state index >= 15 is 0 Å². The van der Waals surface area contributed by atoms with Crippen LogP contribution in [-0.2, 0) is 13.1 Å². The summed E-state index contributed by atoms with van der Waals surface area (Å²) in [5.41, 5.74) is 1.37. The highest BCUT2D eigenvalue weighted by atomic mass is 127. The van der Waals surface area contributed by atoms with E-state index in [0.29, 0.717) is 6.04 Å². The van der Waals surface area contributed by atoms with Crippen LogP contribution in [0.2, 0.25) is 0 Å². The first-order valence-corrected chi connectivity index (χ1v) is 10.8. The number of likely N-dealkylation sites (tertiary alicyclic amines) is 1. The molecule has 1 aromatic carbocycles. The fraction of sp³-hybridized carbons (Fsp3) is 0.550. The molecule has 0 aliphatic carbocycles. The molecule has 1 aliphatic heterocycles. The van der Waals surface area contributed by atoms with Gasteiger partial charge in [0.1, 0.15) is 12.7 Å². The van der Waals surface area contributed by atoms with E-state index in [4.69, 9.17) is 0 Å². The van der Waals surface area contributed by atoms with Crippen LogP contribution >= 0.6 is 39.9 Å². The topological polar surface area (TPSA) is 70.4 Å². The summed E-state index contributed by atoms with van der Waals surface area (Å²) >= 11 is 3.50. The number of aromatic nitrogens is 3. The molecule has 2 aromatic rings. The van der Waals surface area contributed by atoms with E-state index in [2.05, 4.69) is 70.9 Å². The minimum absolute atomic E-state index is 0. The number of nitrogens with zero attached hydrogens (tertiary/aromatic N) is 5. The SMILES string of the molecule is CN=C(NCCCCn1cnnc1)NC1CCN(Cc2ccc(Br)cc2)CC1.I. The third kappa shape index (κ3) is 8.59. The largest absolute Gasteiger partial charge is 0.356 e. The molecular formula is C20H31BrIN7. The van der Waals surface area contributed by atoms with Crippen molar-refractivity contribution >= 4 is 45.9 Å². The van der Waals surface area contributed by atoms with Crippen LogP contribution in [0.3, 0.4) is 0 Å². The van der Waals surface area contributed by atoms with Crippen LogP contribution < -0.4 is 10.6 Å². The highest BCUT2D eigenvalue weighted by Crippen LogP contribution is 2.16. The number of halogens is 2. The summed E-state index contributed by atoms with van der Waals surface area (Å²) < 4.78 is 3.14. The molecule has 0 atom stereocenters. The summed E-state index contributed by atoms with van der Waals surface area (Å²) in [6, 6.07) is 9.12. The van der Waals surface area contributed by atoms with Gasteiger partial charge in [-0.2, -0.15) is 0 Å². The van der Waals surface area contributed by atoms with E-state index in [1.165, 1.54) is 5.56 Å². The number of unbranched alkanes of at least 4 members (excludes halogenated alkanes) is 1. The fourth-order valence-electron chi connectivity index (χ4n) is 3.44. The molecule has 2 N–H and O–H groups in total. The number of piperidine rings is 1. The summed E-state index contributed by atoms with van der Waals surface area (Å²) in [4.78, 5) is 6.91. The predicted molar refractivity (Wildman–Crippen MR) is 132 cm³/mol. The predicted octanol–water partition coefficient (Wildman–Crippen LogP) is 3.27. The Hall–Kier alpha value is -1.20. The molecule has 0 radical (unpaired) electrons. The third-order valence-corrected chi connectivity index (χ3v) is 5.60. The summed E-state index contributed by atoms with van der Waals surface area (Å²) in [5.74, 6) is 0.913. The molecule has 7 nitrogen and oxygen atoms in total. The van der Waals surface area contributed by atoms with Crippen LogP contribution in [0.1, 0.15) is 31.2 Å². The lowest BCUT2D eigenvalue weighted by atomic mass is 10.0. The number of hydrogen-bond acceptors (Lipinski definition) is 4. The van der Waals surface area contributed by atoms with Gasteiger partial charge in [-0.25, -0.2) is 0 Å². The van der Waals surface area contributed by atoms with Gasteiger partial charge in [-0.05, 0) is 43.4 Å². The molecule has 9 heteroatoms. The van der Waals surface area contributed by atoms with E-state index in [0.717, 1.165) is 68.8 Å². The summed E-state index contributed by atoms with van der Waals surface area (Å²) in [6.45, 7) is 5.13. The molecule has 1 aliphatic rings. The van der Waals surface area contributed by atoms with Crippen LogP contribution in [0, 0.1) is 0 Å². The van der Waals surface area contributed by atoms with Gasteiger partial charge in [0, 0.05) is 50.3 Å². The zero-order chi connectivity index (χ0) is 19.6. The molecule has 0 spiro atoms. The van der Waals surface area contributed by atoms with Crippen molar-refractivity contribution in [2.45, 2.75) is 44.8 Å². The number of benzene rings is 1. The molecule has 1 saturated heterocycles. The first-order valence-electron chi connectivity index (χ1n) is 9.99. The van der Waals surface area contributed by atoms with Crippen molar-refractivity contribution in [1.82, 2.24) is 30.3 Å². The zero-order valence-electron chi connectivity index (χ0n) is 16.9. The molecule has 0 unspecified atom stereocenters. The highest BCUT2D eigenvalue weighted by molar-refractivity contribution is 14.0. The van der Waals surface area contributed by atoms with Crippen molar-refractivity contribution in [3.63, 3.8) is 0 Å². The van der Waals surface area contributed by atoms with Gasteiger partial charge in [0.05, 0.1) is 0 Å². The summed E-state index contributed by atoms with van der Waals surface area (Å²) in [7, 11) is 1.84.